The average molecular weight is 289 g/mol. The van der Waals surface area contributed by atoms with Crippen molar-refractivity contribution in [3.8, 4) is 0 Å². The minimum absolute atomic E-state index is 0.0538. The normalized spacial score (nSPS) is 13.9. The number of ether oxygens (including phenoxy) is 1. The third-order valence-electron chi connectivity index (χ3n) is 2.39. The van der Waals surface area contributed by atoms with Gasteiger partial charge in [-0.25, -0.2) is 0 Å². The van der Waals surface area contributed by atoms with Gasteiger partial charge in [-0.1, -0.05) is 20.8 Å². The molecule has 0 radical (unpaired) electrons. The fraction of sp³-hybridized carbons (Fsp3) is 0.636. The highest BCUT2D eigenvalue weighted by atomic mass is 79.9. The lowest BCUT2D eigenvalue weighted by atomic mass is 9.85. The van der Waals surface area contributed by atoms with Gasteiger partial charge in [0.15, 0.2) is 0 Å². The van der Waals surface area contributed by atoms with Crippen LogP contribution in [0.4, 0.5) is 0 Å². The Balaban J connectivity index is 3.11. The van der Waals surface area contributed by atoms with Crippen molar-refractivity contribution in [3.63, 3.8) is 0 Å². The number of Topliss-reactive ketones (excluding diaryl/α,β-unsaturated/α-hetero) is 1. The molecule has 0 fully saturated rings. The summed E-state index contributed by atoms with van der Waals surface area (Å²) in [6.45, 7) is 5.93. The molecule has 0 saturated carbocycles. The molecule has 1 heterocycles. The fourth-order valence-corrected chi connectivity index (χ4v) is 2.21. The Morgan fingerprint density at radius 3 is 2.44 bits per heavy atom. The number of halogens is 1. The third kappa shape index (κ3) is 2.52. The van der Waals surface area contributed by atoms with E-state index in [1.54, 1.807) is 25.0 Å². The molecule has 90 valence electrons. The van der Waals surface area contributed by atoms with Gasteiger partial charge in [0, 0.05) is 14.2 Å². The maximum atomic E-state index is 12.3. The van der Waals surface area contributed by atoms with Gasteiger partial charge in [0.2, 0.25) is 5.78 Å². The van der Waals surface area contributed by atoms with Gasteiger partial charge >= 0.3 is 0 Å². The van der Waals surface area contributed by atoms with Crippen LogP contribution in [0, 0.1) is 5.41 Å². The van der Waals surface area contributed by atoms with E-state index < -0.39 is 6.10 Å². The highest BCUT2D eigenvalue weighted by Gasteiger charge is 2.34. The molecule has 16 heavy (non-hydrogen) atoms. The predicted molar refractivity (Wildman–Crippen MR) is 65.5 cm³/mol. The number of methoxy groups -OCH3 is 1. The lowest BCUT2D eigenvalue weighted by Crippen LogP contribution is -2.37. The highest BCUT2D eigenvalue weighted by molar-refractivity contribution is 9.10. The fourth-order valence-electron chi connectivity index (χ4n) is 1.67. The Bertz CT molecular complexity index is 374. The van der Waals surface area contributed by atoms with Crippen molar-refractivity contribution in [1.29, 1.82) is 0 Å². The van der Waals surface area contributed by atoms with Gasteiger partial charge in [-0.15, -0.1) is 0 Å². The summed E-state index contributed by atoms with van der Waals surface area (Å²) in [7, 11) is 3.30. The van der Waals surface area contributed by atoms with Crippen LogP contribution < -0.4 is 0 Å². The summed E-state index contributed by atoms with van der Waals surface area (Å²) in [6.07, 6.45) is 1.14. The second-order valence-corrected chi connectivity index (χ2v) is 5.67. The van der Waals surface area contributed by atoms with Gasteiger partial charge in [-0.3, -0.25) is 9.48 Å². The molecule has 0 saturated heterocycles. The van der Waals surface area contributed by atoms with Crippen LogP contribution in [0.2, 0.25) is 0 Å². The van der Waals surface area contributed by atoms with Crippen LogP contribution in [0.1, 0.15) is 31.3 Å². The summed E-state index contributed by atoms with van der Waals surface area (Å²) in [4.78, 5) is 12.3. The first-order valence-corrected chi connectivity index (χ1v) is 5.83. The van der Waals surface area contributed by atoms with Crippen LogP contribution in [0.5, 0.6) is 0 Å². The van der Waals surface area contributed by atoms with Gasteiger partial charge < -0.3 is 4.74 Å². The Labute approximate surface area is 104 Å². The Kier molecular flexibility index (Phi) is 3.91. The molecule has 5 heteroatoms. The van der Waals surface area contributed by atoms with E-state index in [1.807, 2.05) is 20.8 Å². The van der Waals surface area contributed by atoms with Crippen LogP contribution in [0.25, 0.3) is 0 Å². The minimum Gasteiger partial charge on any atom is -0.373 e. The Hall–Kier alpha value is -0.680. The first-order valence-electron chi connectivity index (χ1n) is 5.03. The van der Waals surface area contributed by atoms with Crippen molar-refractivity contribution < 1.29 is 9.53 Å². The number of rotatable bonds is 3. The molecule has 0 aliphatic rings. The molecule has 0 amide bonds. The monoisotopic (exact) mass is 288 g/mol. The van der Waals surface area contributed by atoms with Gasteiger partial charge in [0.1, 0.15) is 11.8 Å². The number of carbonyl (C=O) groups excluding carboxylic acids is 1. The molecule has 1 aromatic rings. The van der Waals surface area contributed by atoms with Crippen molar-refractivity contribution in [2.24, 2.45) is 12.5 Å². The van der Waals surface area contributed by atoms with Crippen LogP contribution in [-0.2, 0) is 11.8 Å². The number of aromatic nitrogens is 2. The maximum Gasteiger partial charge on any atom is 0.211 e. The molecule has 0 aliphatic heterocycles. The molecular formula is C11H17BrN2O2. The topological polar surface area (TPSA) is 44.1 Å². The number of aryl methyl sites for hydroxylation is 1. The lowest BCUT2D eigenvalue weighted by molar-refractivity contribution is 0.0187. The van der Waals surface area contributed by atoms with Crippen molar-refractivity contribution in [1.82, 2.24) is 9.78 Å². The summed E-state index contributed by atoms with van der Waals surface area (Å²) in [5.41, 5.74) is 0.303. The number of hydrogen-bond donors (Lipinski definition) is 0. The van der Waals surface area contributed by atoms with E-state index in [-0.39, 0.29) is 11.2 Å². The molecule has 4 nitrogen and oxygen atoms in total. The number of nitrogens with zero attached hydrogens (tertiary/aromatic N) is 2. The van der Waals surface area contributed by atoms with E-state index in [4.69, 9.17) is 4.74 Å². The lowest BCUT2D eigenvalue weighted by Gasteiger charge is -2.27. The van der Waals surface area contributed by atoms with E-state index in [0.29, 0.717) is 10.2 Å². The number of carbonyl (C=O) groups is 1. The standard InChI is InChI=1S/C11H17BrN2O2/c1-11(2,3)10(16-5)9(15)8-7(12)6-13-14(8)4/h6,10H,1-5H3. The first kappa shape index (κ1) is 13.4. The molecule has 1 aromatic heterocycles. The van der Waals surface area contributed by atoms with Gasteiger partial charge in [-0.2, -0.15) is 5.10 Å². The molecule has 0 spiro atoms. The number of hydrogen-bond acceptors (Lipinski definition) is 3. The predicted octanol–water partition coefficient (Wildman–Crippen LogP) is 2.43. The second-order valence-electron chi connectivity index (χ2n) is 4.81. The smallest absolute Gasteiger partial charge is 0.211 e. The quantitative estimate of drug-likeness (QED) is 0.803. The summed E-state index contributed by atoms with van der Waals surface area (Å²) < 4.78 is 7.56. The minimum atomic E-state index is -0.473. The average Bonchev–Trinajstić information content (AvgIpc) is 2.44. The van der Waals surface area contributed by atoms with Gasteiger partial charge in [0.25, 0.3) is 0 Å². The van der Waals surface area contributed by atoms with E-state index in [1.165, 1.54) is 0 Å². The van der Waals surface area contributed by atoms with Crippen molar-refractivity contribution in [3.05, 3.63) is 16.4 Å². The molecule has 0 aromatic carbocycles. The van der Waals surface area contributed by atoms with Crippen LogP contribution in [-0.4, -0.2) is 28.8 Å². The second kappa shape index (κ2) is 4.67. The molecule has 0 aliphatic carbocycles. The molecular weight excluding hydrogens is 272 g/mol. The molecule has 0 N–H and O–H groups in total. The zero-order valence-electron chi connectivity index (χ0n) is 10.2. The summed E-state index contributed by atoms with van der Waals surface area (Å²) in [6, 6.07) is 0. The zero-order valence-corrected chi connectivity index (χ0v) is 11.8. The van der Waals surface area contributed by atoms with Gasteiger partial charge in [-0.05, 0) is 21.3 Å². The Morgan fingerprint density at radius 1 is 1.56 bits per heavy atom. The number of ketones is 1. The molecule has 1 atom stereocenters. The largest absolute Gasteiger partial charge is 0.373 e. The molecule has 0 bridgehead atoms. The van der Waals surface area contributed by atoms with E-state index >= 15 is 0 Å². The summed E-state index contributed by atoms with van der Waals surface area (Å²) in [5.74, 6) is -0.0538. The van der Waals surface area contributed by atoms with E-state index in [2.05, 4.69) is 21.0 Å². The van der Waals surface area contributed by atoms with Crippen LogP contribution >= 0.6 is 15.9 Å². The zero-order chi connectivity index (χ0) is 12.5. The molecule has 1 unspecified atom stereocenters. The maximum absolute atomic E-state index is 12.3. The van der Waals surface area contributed by atoms with Crippen LogP contribution in [0.15, 0.2) is 10.7 Å². The highest BCUT2D eigenvalue weighted by Crippen LogP contribution is 2.27. The first-order chi connectivity index (χ1) is 7.29. The Morgan fingerprint density at radius 2 is 2.12 bits per heavy atom. The van der Waals surface area contributed by atoms with Crippen LogP contribution in [0.3, 0.4) is 0 Å². The summed E-state index contributed by atoms with van der Waals surface area (Å²) >= 11 is 3.32. The SMILES string of the molecule is COC(C(=O)c1c(Br)cnn1C)C(C)(C)C. The van der Waals surface area contributed by atoms with E-state index in [9.17, 15) is 4.79 Å². The third-order valence-corrected chi connectivity index (χ3v) is 2.97. The summed E-state index contributed by atoms with van der Waals surface area (Å²) in [5, 5.41) is 4.03. The van der Waals surface area contributed by atoms with Crippen molar-refractivity contribution in [2.75, 3.05) is 7.11 Å². The molecule has 1 rings (SSSR count). The van der Waals surface area contributed by atoms with E-state index in [0.717, 1.165) is 0 Å². The van der Waals surface area contributed by atoms with Crippen molar-refractivity contribution in [2.45, 2.75) is 26.9 Å². The van der Waals surface area contributed by atoms with Gasteiger partial charge in [0.05, 0.1) is 10.7 Å². The van der Waals surface area contributed by atoms with Crippen molar-refractivity contribution >= 4 is 21.7 Å².